The molecule has 0 fully saturated rings. The Balaban J connectivity index is 1.87. The molecule has 0 saturated carbocycles. The van der Waals surface area contributed by atoms with E-state index in [1.807, 2.05) is 13.8 Å². The second-order valence-electron chi connectivity index (χ2n) is 7.23. The van der Waals surface area contributed by atoms with Gasteiger partial charge in [0, 0.05) is 11.4 Å². The zero-order valence-corrected chi connectivity index (χ0v) is 17.7. The molecule has 0 aliphatic carbocycles. The number of halogens is 3. The van der Waals surface area contributed by atoms with Crippen LogP contribution in [0, 0.1) is 5.92 Å². The van der Waals surface area contributed by atoms with Crippen molar-refractivity contribution in [1.82, 2.24) is 0 Å². The van der Waals surface area contributed by atoms with E-state index in [9.17, 15) is 32.3 Å². The summed E-state index contributed by atoms with van der Waals surface area (Å²) in [6.07, 6.45) is -5.08. The van der Waals surface area contributed by atoms with E-state index in [4.69, 9.17) is 9.47 Å². The van der Waals surface area contributed by atoms with Gasteiger partial charge in [-0.05, 0) is 48.4 Å². The second kappa shape index (κ2) is 11.1. The van der Waals surface area contributed by atoms with E-state index < -0.39 is 36.5 Å². The van der Waals surface area contributed by atoms with Crippen LogP contribution in [-0.4, -0.2) is 43.1 Å². The summed E-state index contributed by atoms with van der Waals surface area (Å²) in [4.78, 5) is 47.0. The quantitative estimate of drug-likeness (QED) is 0.573. The normalized spacial score (nSPS) is 11.0. The van der Waals surface area contributed by atoms with E-state index in [1.54, 1.807) is 5.32 Å². The van der Waals surface area contributed by atoms with E-state index in [0.717, 1.165) is 12.1 Å². The number of rotatable bonds is 8. The smallest absolute Gasteiger partial charge is 0.462 e. The van der Waals surface area contributed by atoms with Gasteiger partial charge in [-0.2, -0.15) is 13.2 Å². The van der Waals surface area contributed by atoms with Gasteiger partial charge >= 0.3 is 24.0 Å². The van der Waals surface area contributed by atoms with Gasteiger partial charge in [-0.1, -0.05) is 19.9 Å². The van der Waals surface area contributed by atoms with Crippen LogP contribution in [0.1, 0.15) is 34.6 Å². The van der Waals surface area contributed by atoms with Gasteiger partial charge in [0.05, 0.1) is 17.7 Å². The molecule has 0 spiro atoms. The van der Waals surface area contributed by atoms with Gasteiger partial charge in [-0.3, -0.25) is 9.59 Å². The third-order valence-electron chi connectivity index (χ3n) is 3.90. The summed E-state index contributed by atoms with van der Waals surface area (Å²) in [5.74, 6) is -4.15. The molecule has 2 aromatic rings. The summed E-state index contributed by atoms with van der Waals surface area (Å²) in [7, 11) is 0. The van der Waals surface area contributed by atoms with Crippen molar-refractivity contribution in [3.8, 4) is 0 Å². The third-order valence-corrected chi connectivity index (χ3v) is 3.90. The number of hydrogen-bond donors (Lipinski definition) is 2. The molecule has 0 bridgehead atoms. The van der Waals surface area contributed by atoms with Gasteiger partial charge in [0.15, 0.2) is 6.61 Å². The van der Waals surface area contributed by atoms with Crippen LogP contribution >= 0.6 is 0 Å². The maximum atomic E-state index is 12.3. The minimum Gasteiger partial charge on any atom is -0.462 e. The highest BCUT2D eigenvalue weighted by molar-refractivity contribution is 5.98. The number of ether oxygens (including phenoxy) is 2. The van der Waals surface area contributed by atoms with E-state index in [1.165, 1.54) is 36.4 Å². The predicted molar refractivity (Wildman–Crippen MR) is 112 cm³/mol. The summed E-state index contributed by atoms with van der Waals surface area (Å²) in [6.45, 7) is 3.42. The Labute approximate surface area is 187 Å². The lowest BCUT2D eigenvalue weighted by Gasteiger charge is -2.10. The number of nitrogens with one attached hydrogen (secondary N) is 2. The molecule has 0 saturated heterocycles. The molecule has 2 N–H and O–H groups in total. The predicted octanol–water partition coefficient (Wildman–Crippen LogP) is 3.80. The van der Waals surface area contributed by atoms with Gasteiger partial charge in [0.1, 0.15) is 0 Å². The van der Waals surface area contributed by atoms with Crippen molar-refractivity contribution >= 4 is 35.1 Å². The van der Waals surface area contributed by atoms with Gasteiger partial charge in [-0.15, -0.1) is 0 Å². The molecule has 0 aliphatic heterocycles. The van der Waals surface area contributed by atoms with Crippen LogP contribution in [0.15, 0.2) is 48.5 Å². The molecule has 2 aromatic carbocycles. The highest BCUT2D eigenvalue weighted by Crippen LogP contribution is 2.19. The van der Waals surface area contributed by atoms with Gasteiger partial charge < -0.3 is 20.1 Å². The van der Waals surface area contributed by atoms with Gasteiger partial charge in [0.2, 0.25) is 0 Å². The SMILES string of the molecule is CC(C)COC(=O)c1ccc(NC(=O)COC(=O)c2cccc(NC(=O)C(F)(F)F)c2)cc1. The zero-order chi connectivity index (χ0) is 24.6. The number of carbonyl (C=O) groups is 4. The first kappa shape index (κ1) is 25.4. The Kier molecular flexibility index (Phi) is 8.55. The molecule has 0 radical (unpaired) electrons. The van der Waals surface area contributed by atoms with Gasteiger partial charge in [0.25, 0.3) is 5.91 Å². The number of esters is 2. The molecule has 0 heterocycles. The van der Waals surface area contributed by atoms with Crippen LogP contribution < -0.4 is 10.6 Å². The number of alkyl halides is 3. The van der Waals surface area contributed by atoms with Crippen LogP contribution in [0.5, 0.6) is 0 Å². The fraction of sp³-hybridized carbons (Fsp3) is 0.273. The topological polar surface area (TPSA) is 111 Å². The molecule has 176 valence electrons. The average molecular weight is 466 g/mol. The van der Waals surface area contributed by atoms with Crippen LogP contribution in [0.2, 0.25) is 0 Å². The van der Waals surface area contributed by atoms with Crippen molar-refractivity contribution in [3.63, 3.8) is 0 Å². The number of anilines is 2. The van der Waals surface area contributed by atoms with Crippen molar-refractivity contribution in [2.45, 2.75) is 20.0 Å². The van der Waals surface area contributed by atoms with Crippen LogP contribution in [0.25, 0.3) is 0 Å². The Hall–Kier alpha value is -3.89. The molecule has 33 heavy (non-hydrogen) atoms. The maximum absolute atomic E-state index is 12.3. The molecular weight excluding hydrogens is 445 g/mol. The fourth-order valence-corrected chi connectivity index (χ4v) is 2.35. The lowest BCUT2D eigenvalue weighted by molar-refractivity contribution is -0.167. The Morgan fingerprint density at radius 1 is 0.848 bits per heavy atom. The number of hydrogen-bond acceptors (Lipinski definition) is 6. The first-order valence-corrected chi connectivity index (χ1v) is 9.68. The molecule has 8 nitrogen and oxygen atoms in total. The summed E-state index contributed by atoms with van der Waals surface area (Å²) in [5, 5.41) is 4.09. The van der Waals surface area contributed by atoms with Crippen molar-refractivity contribution in [2.75, 3.05) is 23.8 Å². The summed E-state index contributed by atoms with van der Waals surface area (Å²) in [5.41, 5.74) is 0.223. The van der Waals surface area contributed by atoms with Crippen LogP contribution in [0.3, 0.4) is 0 Å². The molecule has 0 unspecified atom stereocenters. The summed E-state index contributed by atoms with van der Waals surface area (Å²) >= 11 is 0. The average Bonchev–Trinajstić information content (AvgIpc) is 2.75. The minimum absolute atomic E-state index is 0.160. The largest absolute Gasteiger partial charge is 0.471 e. The van der Waals surface area contributed by atoms with Crippen LogP contribution in [0.4, 0.5) is 24.5 Å². The Morgan fingerprint density at radius 3 is 2.09 bits per heavy atom. The van der Waals surface area contributed by atoms with E-state index in [0.29, 0.717) is 11.3 Å². The highest BCUT2D eigenvalue weighted by atomic mass is 19.4. The van der Waals surface area contributed by atoms with Crippen LogP contribution in [-0.2, 0) is 19.1 Å². The first-order chi connectivity index (χ1) is 15.5. The molecule has 0 aromatic heterocycles. The molecule has 11 heteroatoms. The lowest BCUT2D eigenvalue weighted by atomic mass is 10.2. The molecule has 2 rings (SSSR count). The number of amides is 2. The van der Waals surface area contributed by atoms with Crippen molar-refractivity contribution < 1.29 is 41.8 Å². The Morgan fingerprint density at radius 2 is 1.48 bits per heavy atom. The number of carbonyl (C=O) groups excluding carboxylic acids is 4. The lowest BCUT2D eigenvalue weighted by Crippen LogP contribution is -2.30. The van der Waals surface area contributed by atoms with Crippen molar-refractivity contribution in [2.24, 2.45) is 5.92 Å². The minimum atomic E-state index is -5.08. The Bertz CT molecular complexity index is 1020. The standard InChI is InChI=1S/C22H21F3N2O6/c1-13(2)11-32-19(29)14-6-8-16(9-7-14)26-18(28)12-33-20(30)15-4-3-5-17(10-15)27-21(31)22(23,24)25/h3-10,13H,11-12H2,1-2H3,(H,26,28)(H,27,31). The zero-order valence-electron chi connectivity index (χ0n) is 17.7. The number of benzene rings is 2. The maximum Gasteiger partial charge on any atom is 0.471 e. The highest BCUT2D eigenvalue weighted by Gasteiger charge is 2.38. The second-order valence-corrected chi connectivity index (χ2v) is 7.23. The van der Waals surface area contributed by atoms with E-state index >= 15 is 0 Å². The molecular formula is C22H21F3N2O6. The fourth-order valence-electron chi connectivity index (χ4n) is 2.35. The van der Waals surface area contributed by atoms with Crippen molar-refractivity contribution in [3.05, 3.63) is 59.7 Å². The van der Waals surface area contributed by atoms with E-state index in [2.05, 4.69) is 5.32 Å². The molecule has 0 aliphatic rings. The summed E-state index contributed by atoms with van der Waals surface area (Å²) in [6, 6.07) is 10.5. The summed E-state index contributed by atoms with van der Waals surface area (Å²) < 4.78 is 47.0. The van der Waals surface area contributed by atoms with Gasteiger partial charge in [-0.25, -0.2) is 9.59 Å². The monoisotopic (exact) mass is 466 g/mol. The third kappa shape index (κ3) is 8.28. The molecule has 2 amide bonds. The molecule has 0 atom stereocenters. The van der Waals surface area contributed by atoms with E-state index in [-0.39, 0.29) is 23.8 Å². The first-order valence-electron chi connectivity index (χ1n) is 9.68. The van der Waals surface area contributed by atoms with Crippen molar-refractivity contribution in [1.29, 1.82) is 0 Å².